The van der Waals surface area contributed by atoms with Crippen molar-refractivity contribution in [1.29, 1.82) is 0 Å². The van der Waals surface area contributed by atoms with Crippen LogP contribution >= 0.6 is 22.9 Å². The molecule has 0 aliphatic rings. The molecule has 0 fully saturated rings. The van der Waals surface area contributed by atoms with Crippen molar-refractivity contribution in [3.8, 4) is 0 Å². The molecule has 0 N–H and O–H groups in total. The zero-order chi connectivity index (χ0) is 13.8. The van der Waals surface area contributed by atoms with Crippen molar-refractivity contribution >= 4 is 28.7 Å². The van der Waals surface area contributed by atoms with Crippen molar-refractivity contribution in [2.24, 2.45) is 0 Å². The normalized spacial score (nSPS) is 10.7. The van der Waals surface area contributed by atoms with Gasteiger partial charge in [-0.05, 0) is 24.1 Å². The monoisotopic (exact) mass is 293 g/mol. The molecular formula is C15H16ClNOS. The summed E-state index contributed by atoms with van der Waals surface area (Å²) in [6, 6.07) is 7.75. The van der Waals surface area contributed by atoms with Crippen molar-refractivity contribution in [3.05, 3.63) is 50.4 Å². The zero-order valence-electron chi connectivity index (χ0n) is 11.1. The van der Waals surface area contributed by atoms with Crippen molar-refractivity contribution < 1.29 is 4.79 Å². The van der Waals surface area contributed by atoms with E-state index in [2.05, 4.69) is 11.9 Å². The first-order valence-electron chi connectivity index (χ1n) is 6.34. The van der Waals surface area contributed by atoms with Crippen LogP contribution in [0, 0.1) is 0 Å². The average molecular weight is 294 g/mol. The van der Waals surface area contributed by atoms with Crippen molar-refractivity contribution in [2.45, 2.75) is 33.1 Å². The van der Waals surface area contributed by atoms with Gasteiger partial charge in [0.2, 0.25) is 0 Å². The van der Waals surface area contributed by atoms with Crippen LogP contribution in [0.4, 0.5) is 0 Å². The average Bonchev–Trinajstić information content (AvgIpc) is 2.76. The number of aryl methyl sites for hydroxylation is 1. The van der Waals surface area contributed by atoms with Gasteiger partial charge in [0, 0.05) is 18.4 Å². The Hall–Kier alpha value is -1.19. The maximum Gasteiger partial charge on any atom is 0.171 e. The van der Waals surface area contributed by atoms with E-state index in [1.54, 1.807) is 6.92 Å². The van der Waals surface area contributed by atoms with E-state index in [0.717, 1.165) is 45.4 Å². The van der Waals surface area contributed by atoms with Crippen LogP contribution < -0.4 is 0 Å². The molecule has 0 saturated carbocycles. The third kappa shape index (κ3) is 3.64. The summed E-state index contributed by atoms with van der Waals surface area (Å²) in [4.78, 5) is 17.0. The van der Waals surface area contributed by atoms with E-state index in [4.69, 9.17) is 11.6 Å². The number of carbonyl (C=O) groups excluding carboxylic acids is 1. The van der Waals surface area contributed by atoms with E-state index < -0.39 is 0 Å². The summed E-state index contributed by atoms with van der Waals surface area (Å²) in [6.45, 7) is 3.71. The minimum Gasteiger partial charge on any atom is -0.294 e. The predicted octanol–water partition coefficient (Wildman–Crippen LogP) is 4.54. The fourth-order valence-electron chi connectivity index (χ4n) is 1.93. The largest absolute Gasteiger partial charge is 0.294 e. The van der Waals surface area contributed by atoms with Crippen LogP contribution in [0.1, 0.15) is 46.2 Å². The Morgan fingerprint density at radius 1 is 1.32 bits per heavy atom. The number of hydrogen-bond donors (Lipinski definition) is 0. The molecule has 0 aliphatic carbocycles. The second-order valence-electron chi connectivity index (χ2n) is 4.49. The molecule has 0 saturated heterocycles. The Kier molecular flexibility index (Phi) is 4.72. The van der Waals surface area contributed by atoms with E-state index in [1.165, 1.54) is 11.3 Å². The first kappa shape index (κ1) is 14.2. The molecule has 0 amide bonds. The van der Waals surface area contributed by atoms with Crippen LogP contribution in [0.5, 0.6) is 0 Å². The minimum atomic E-state index is 0.114. The highest BCUT2D eigenvalue weighted by atomic mass is 35.5. The van der Waals surface area contributed by atoms with Gasteiger partial charge in [-0.3, -0.25) is 4.79 Å². The van der Waals surface area contributed by atoms with E-state index in [1.807, 2.05) is 24.3 Å². The topological polar surface area (TPSA) is 30.0 Å². The van der Waals surface area contributed by atoms with Crippen LogP contribution in [0.25, 0.3) is 0 Å². The smallest absolute Gasteiger partial charge is 0.171 e. The fourth-order valence-corrected chi connectivity index (χ4v) is 3.10. The molecule has 2 nitrogen and oxygen atoms in total. The van der Waals surface area contributed by atoms with Crippen molar-refractivity contribution in [2.75, 3.05) is 0 Å². The molecule has 0 spiro atoms. The van der Waals surface area contributed by atoms with Gasteiger partial charge in [-0.1, -0.05) is 37.1 Å². The third-order valence-electron chi connectivity index (χ3n) is 2.82. The molecule has 1 heterocycles. The number of benzene rings is 1. The molecule has 0 atom stereocenters. The first-order valence-corrected chi connectivity index (χ1v) is 7.53. The van der Waals surface area contributed by atoms with Gasteiger partial charge < -0.3 is 0 Å². The van der Waals surface area contributed by atoms with Gasteiger partial charge in [0.1, 0.15) is 0 Å². The molecular weight excluding hydrogens is 278 g/mol. The first-order chi connectivity index (χ1) is 9.10. The van der Waals surface area contributed by atoms with Gasteiger partial charge in [0.15, 0.2) is 5.78 Å². The lowest BCUT2D eigenvalue weighted by atomic mass is 10.1. The van der Waals surface area contributed by atoms with Crippen LogP contribution in [0.2, 0.25) is 5.02 Å². The number of nitrogens with zero attached hydrogens (tertiary/aromatic N) is 1. The predicted molar refractivity (Wildman–Crippen MR) is 80.4 cm³/mol. The van der Waals surface area contributed by atoms with E-state index in [9.17, 15) is 4.79 Å². The van der Waals surface area contributed by atoms with Gasteiger partial charge in [-0.2, -0.15) is 0 Å². The minimum absolute atomic E-state index is 0.114. The van der Waals surface area contributed by atoms with E-state index in [0.29, 0.717) is 0 Å². The summed E-state index contributed by atoms with van der Waals surface area (Å²) in [7, 11) is 0. The number of carbonyl (C=O) groups is 1. The van der Waals surface area contributed by atoms with Crippen molar-refractivity contribution in [1.82, 2.24) is 4.98 Å². The van der Waals surface area contributed by atoms with Crippen LogP contribution in [0.3, 0.4) is 0 Å². The van der Waals surface area contributed by atoms with Gasteiger partial charge in [-0.25, -0.2) is 4.98 Å². The second kappa shape index (κ2) is 6.31. The summed E-state index contributed by atoms with van der Waals surface area (Å²) in [6.07, 6.45) is 2.63. The Bertz CT molecular complexity index is 574. The molecule has 1 aromatic carbocycles. The summed E-state index contributed by atoms with van der Waals surface area (Å²) in [5.74, 6) is 0.114. The number of rotatable bonds is 5. The summed E-state index contributed by atoms with van der Waals surface area (Å²) >= 11 is 7.38. The number of thiazole rings is 1. The molecule has 0 aliphatic heterocycles. The van der Waals surface area contributed by atoms with Gasteiger partial charge in [-0.15, -0.1) is 11.3 Å². The SMILES string of the molecule is CCCc1nc(Cc2ccc(Cl)cc2)sc1C(C)=O. The quantitative estimate of drug-likeness (QED) is 0.757. The molecule has 19 heavy (non-hydrogen) atoms. The molecule has 100 valence electrons. The Labute approximate surface area is 122 Å². The number of hydrogen-bond acceptors (Lipinski definition) is 3. The van der Waals surface area contributed by atoms with Gasteiger partial charge in [0.05, 0.1) is 15.6 Å². The van der Waals surface area contributed by atoms with Gasteiger partial charge in [0.25, 0.3) is 0 Å². The number of ketones is 1. The molecule has 0 unspecified atom stereocenters. The summed E-state index contributed by atoms with van der Waals surface area (Å²) in [5.41, 5.74) is 2.11. The highest BCUT2D eigenvalue weighted by molar-refractivity contribution is 7.13. The lowest BCUT2D eigenvalue weighted by Crippen LogP contribution is -1.95. The highest BCUT2D eigenvalue weighted by Gasteiger charge is 2.14. The summed E-state index contributed by atoms with van der Waals surface area (Å²) < 4.78 is 0. The maximum absolute atomic E-state index is 11.6. The standard InChI is InChI=1S/C15H16ClNOS/c1-3-4-13-15(10(2)18)19-14(17-13)9-11-5-7-12(16)8-6-11/h5-8H,3-4,9H2,1-2H3. The van der Waals surface area contributed by atoms with Crippen LogP contribution in [-0.4, -0.2) is 10.8 Å². The zero-order valence-corrected chi connectivity index (χ0v) is 12.6. The molecule has 0 bridgehead atoms. The number of halogens is 1. The molecule has 4 heteroatoms. The van der Waals surface area contributed by atoms with E-state index >= 15 is 0 Å². The van der Waals surface area contributed by atoms with Gasteiger partial charge >= 0.3 is 0 Å². The molecule has 2 rings (SSSR count). The Morgan fingerprint density at radius 2 is 2.00 bits per heavy atom. The number of Topliss-reactive ketones (excluding diaryl/α,β-unsaturated/α-hetero) is 1. The fraction of sp³-hybridized carbons (Fsp3) is 0.333. The molecule has 0 radical (unpaired) electrons. The van der Waals surface area contributed by atoms with Crippen molar-refractivity contribution in [3.63, 3.8) is 0 Å². The number of aromatic nitrogens is 1. The molecule has 2 aromatic rings. The second-order valence-corrected chi connectivity index (χ2v) is 6.01. The highest BCUT2D eigenvalue weighted by Crippen LogP contribution is 2.23. The Morgan fingerprint density at radius 3 is 2.58 bits per heavy atom. The maximum atomic E-state index is 11.6. The summed E-state index contributed by atoms with van der Waals surface area (Å²) in [5, 5.41) is 1.73. The van der Waals surface area contributed by atoms with Crippen LogP contribution in [0.15, 0.2) is 24.3 Å². The lowest BCUT2D eigenvalue weighted by Gasteiger charge is -1.97. The third-order valence-corrected chi connectivity index (χ3v) is 4.27. The lowest BCUT2D eigenvalue weighted by molar-refractivity contribution is 0.102. The molecule has 1 aromatic heterocycles. The van der Waals surface area contributed by atoms with Crippen LogP contribution in [-0.2, 0) is 12.8 Å². The Balaban J connectivity index is 2.23. The van der Waals surface area contributed by atoms with E-state index in [-0.39, 0.29) is 5.78 Å².